The molecule has 24 heavy (non-hydrogen) atoms. The molecule has 0 bridgehead atoms. The van der Waals surface area contributed by atoms with E-state index in [4.69, 9.17) is 17.3 Å². The van der Waals surface area contributed by atoms with Gasteiger partial charge in [-0.05, 0) is 40.0 Å². The smallest absolute Gasteiger partial charge is 0.221 e. The predicted octanol–water partition coefficient (Wildman–Crippen LogP) is 4.03. The molecule has 1 heterocycles. The average Bonchev–Trinajstić information content (AvgIpc) is 2.79. The van der Waals surface area contributed by atoms with E-state index in [0.29, 0.717) is 6.54 Å². The number of halogens is 2. The maximum Gasteiger partial charge on any atom is 0.221 e. The fourth-order valence-corrected chi connectivity index (χ4v) is 3.72. The third-order valence-corrected chi connectivity index (χ3v) is 5.19. The fraction of sp³-hybridized carbons (Fsp3) is 0.167. The summed E-state index contributed by atoms with van der Waals surface area (Å²) in [6, 6.07) is 13.4. The number of benzene rings is 2. The van der Waals surface area contributed by atoms with Crippen molar-refractivity contribution in [1.82, 2.24) is 4.57 Å². The maximum absolute atomic E-state index is 11.4. The summed E-state index contributed by atoms with van der Waals surface area (Å²) in [5, 5.41) is 11.0. The largest absolute Gasteiger partial charge is 0.506 e. The molecule has 2 aromatic carbocycles. The number of carbonyl (C=O) groups is 1. The molecule has 0 saturated heterocycles. The van der Waals surface area contributed by atoms with Crippen molar-refractivity contribution < 1.29 is 9.90 Å². The van der Waals surface area contributed by atoms with Crippen LogP contribution in [0.2, 0.25) is 5.02 Å². The van der Waals surface area contributed by atoms with E-state index in [1.54, 1.807) is 12.1 Å². The minimum atomic E-state index is -0.424. The Morgan fingerprint density at radius 3 is 2.62 bits per heavy atom. The highest BCUT2D eigenvalue weighted by molar-refractivity contribution is 9.10. The lowest BCUT2D eigenvalue weighted by Crippen LogP contribution is -2.14. The molecule has 0 aliphatic heterocycles. The normalized spacial score (nSPS) is 11.1. The molecule has 1 amide bonds. The van der Waals surface area contributed by atoms with E-state index in [1.165, 1.54) is 5.56 Å². The molecule has 3 rings (SSSR count). The van der Waals surface area contributed by atoms with Crippen LogP contribution in [-0.4, -0.2) is 15.6 Å². The number of nitrogens with two attached hydrogens (primary N) is 1. The number of primary amides is 1. The predicted molar refractivity (Wildman–Crippen MR) is 99.4 cm³/mol. The molecule has 0 spiro atoms. The van der Waals surface area contributed by atoms with E-state index in [2.05, 4.69) is 28.1 Å². The number of aromatic hydroxyl groups is 1. The zero-order valence-electron chi connectivity index (χ0n) is 12.8. The maximum atomic E-state index is 11.4. The van der Waals surface area contributed by atoms with Crippen molar-refractivity contribution in [3.05, 3.63) is 63.2 Å². The van der Waals surface area contributed by atoms with Crippen LogP contribution in [0.3, 0.4) is 0 Å². The zero-order chi connectivity index (χ0) is 17.3. The summed E-state index contributed by atoms with van der Waals surface area (Å²) in [5.41, 5.74) is 8.20. The first-order valence-corrected chi connectivity index (χ1v) is 8.65. The van der Waals surface area contributed by atoms with Gasteiger partial charge in [-0.25, -0.2) is 0 Å². The molecule has 1 aromatic heterocycles. The van der Waals surface area contributed by atoms with Crippen LogP contribution in [0, 0.1) is 0 Å². The van der Waals surface area contributed by atoms with Gasteiger partial charge in [-0.2, -0.15) is 0 Å². The molecule has 0 aliphatic carbocycles. The standard InChI is InChI=1S/C18H16BrClN2O2/c19-18-13(9-17(21)24)12-8-16(23)14(20)10-15(12)22(18)7-6-11-4-2-1-3-5-11/h1-5,8,10,23H,6-7,9H2,(H2,21,24). The Labute approximate surface area is 153 Å². The molecular weight excluding hydrogens is 392 g/mol. The quantitative estimate of drug-likeness (QED) is 0.670. The number of fused-ring (bicyclic) bond motifs is 1. The van der Waals surface area contributed by atoms with E-state index in [-0.39, 0.29) is 17.2 Å². The average molecular weight is 408 g/mol. The summed E-state index contributed by atoms with van der Waals surface area (Å²) in [4.78, 5) is 11.4. The first-order chi connectivity index (χ1) is 11.5. The monoisotopic (exact) mass is 406 g/mol. The Bertz CT molecular complexity index is 907. The molecule has 6 heteroatoms. The second kappa shape index (κ2) is 6.87. The molecule has 0 atom stereocenters. The summed E-state index contributed by atoms with van der Waals surface area (Å²) in [5.74, 6) is -0.435. The number of hydrogen-bond donors (Lipinski definition) is 2. The fourth-order valence-electron chi connectivity index (χ4n) is 2.84. The van der Waals surface area contributed by atoms with E-state index in [1.807, 2.05) is 22.8 Å². The van der Waals surface area contributed by atoms with Crippen molar-refractivity contribution in [2.24, 2.45) is 5.73 Å². The molecule has 0 saturated carbocycles. The molecule has 0 unspecified atom stereocenters. The lowest BCUT2D eigenvalue weighted by Gasteiger charge is -2.08. The van der Waals surface area contributed by atoms with E-state index in [9.17, 15) is 9.90 Å². The van der Waals surface area contributed by atoms with Gasteiger partial charge in [0.1, 0.15) is 5.75 Å². The van der Waals surface area contributed by atoms with Crippen LogP contribution in [-0.2, 0) is 24.2 Å². The van der Waals surface area contributed by atoms with Crippen molar-refractivity contribution in [2.75, 3.05) is 0 Å². The molecule has 0 aliphatic rings. The van der Waals surface area contributed by atoms with Gasteiger partial charge < -0.3 is 15.4 Å². The number of aryl methyl sites for hydroxylation is 2. The highest BCUT2D eigenvalue weighted by Crippen LogP contribution is 2.36. The highest BCUT2D eigenvalue weighted by atomic mass is 79.9. The van der Waals surface area contributed by atoms with Crippen LogP contribution in [0.25, 0.3) is 10.9 Å². The van der Waals surface area contributed by atoms with Gasteiger partial charge in [0, 0.05) is 17.5 Å². The van der Waals surface area contributed by atoms with Crippen LogP contribution < -0.4 is 5.73 Å². The van der Waals surface area contributed by atoms with Crippen LogP contribution in [0.1, 0.15) is 11.1 Å². The van der Waals surface area contributed by atoms with Crippen molar-refractivity contribution in [3.63, 3.8) is 0 Å². The van der Waals surface area contributed by atoms with Crippen LogP contribution >= 0.6 is 27.5 Å². The molecular formula is C18H16BrClN2O2. The summed E-state index contributed by atoms with van der Waals surface area (Å²) >= 11 is 9.65. The minimum Gasteiger partial charge on any atom is -0.506 e. The SMILES string of the molecule is NC(=O)Cc1c(Br)n(CCc2ccccc2)c2cc(Cl)c(O)cc12. The van der Waals surface area contributed by atoms with Gasteiger partial charge in [0.05, 0.1) is 21.6 Å². The number of phenols is 1. The van der Waals surface area contributed by atoms with Crippen molar-refractivity contribution in [2.45, 2.75) is 19.4 Å². The first-order valence-electron chi connectivity index (χ1n) is 7.48. The lowest BCUT2D eigenvalue weighted by molar-refractivity contribution is -0.117. The Kier molecular flexibility index (Phi) is 4.83. The van der Waals surface area contributed by atoms with Crippen LogP contribution in [0.5, 0.6) is 5.75 Å². The van der Waals surface area contributed by atoms with Gasteiger partial charge in [0.15, 0.2) is 0 Å². The Hall–Kier alpha value is -1.98. The second-order valence-electron chi connectivity index (χ2n) is 5.62. The zero-order valence-corrected chi connectivity index (χ0v) is 15.1. The number of amides is 1. The third-order valence-electron chi connectivity index (χ3n) is 3.98. The molecule has 3 N–H and O–H groups in total. The van der Waals surface area contributed by atoms with Gasteiger partial charge in [-0.3, -0.25) is 4.79 Å². The number of rotatable bonds is 5. The van der Waals surface area contributed by atoms with Gasteiger partial charge in [0.25, 0.3) is 0 Å². The first kappa shape index (κ1) is 16.9. The summed E-state index contributed by atoms with van der Waals surface area (Å²) in [6.45, 7) is 0.709. The number of aromatic nitrogens is 1. The van der Waals surface area contributed by atoms with E-state index >= 15 is 0 Å². The van der Waals surface area contributed by atoms with E-state index < -0.39 is 5.91 Å². The van der Waals surface area contributed by atoms with Crippen molar-refractivity contribution in [3.8, 4) is 5.75 Å². The van der Waals surface area contributed by atoms with Crippen LogP contribution in [0.4, 0.5) is 0 Å². The number of hydrogen-bond acceptors (Lipinski definition) is 2. The van der Waals surface area contributed by atoms with Gasteiger partial charge in [-0.1, -0.05) is 41.9 Å². The second-order valence-corrected chi connectivity index (χ2v) is 6.78. The molecule has 0 radical (unpaired) electrons. The van der Waals surface area contributed by atoms with Gasteiger partial charge >= 0.3 is 0 Å². The summed E-state index contributed by atoms with van der Waals surface area (Å²) in [7, 11) is 0. The Morgan fingerprint density at radius 2 is 1.96 bits per heavy atom. The van der Waals surface area contributed by atoms with Gasteiger partial charge in [0.2, 0.25) is 5.91 Å². The summed E-state index contributed by atoms with van der Waals surface area (Å²) < 4.78 is 2.83. The summed E-state index contributed by atoms with van der Waals surface area (Å²) in [6.07, 6.45) is 0.925. The number of nitrogens with zero attached hydrogens (tertiary/aromatic N) is 1. The third kappa shape index (κ3) is 3.28. The van der Waals surface area contributed by atoms with Crippen LogP contribution in [0.15, 0.2) is 47.1 Å². The number of phenolic OH excluding ortho intramolecular Hbond substituents is 1. The number of carbonyl (C=O) groups excluding carboxylic acids is 1. The van der Waals surface area contributed by atoms with E-state index in [0.717, 1.165) is 27.5 Å². The Morgan fingerprint density at radius 1 is 1.25 bits per heavy atom. The molecule has 4 nitrogen and oxygen atoms in total. The highest BCUT2D eigenvalue weighted by Gasteiger charge is 2.18. The molecule has 0 fully saturated rings. The van der Waals surface area contributed by atoms with Gasteiger partial charge in [-0.15, -0.1) is 0 Å². The Balaban J connectivity index is 2.07. The molecule has 3 aromatic rings. The van der Waals surface area contributed by atoms with Crippen molar-refractivity contribution >= 4 is 44.3 Å². The molecule has 124 valence electrons. The minimum absolute atomic E-state index is 0.0115. The van der Waals surface area contributed by atoms with Crippen molar-refractivity contribution in [1.29, 1.82) is 0 Å². The topological polar surface area (TPSA) is 68.2 Å². The lowest BCUT2D eigenvalue weighted by atomic mass is 10.1.